The number of benzene rings is 1. The molecule has 0 atom stereocenters. The highest BCUT2D eigenvalue weighted by Crippen LogP contribution is 2.10. The third kappa shape index (κ3) is 3.32. The molecule has 0 amide bonds. The first-order valence-corrected chi connectivity index (χ1v) is 5.83. The van der Waals surface area contributed by atoms with Gasteiger partial charge in [-0.05, 0) is 17.7 Å². The molecular weight excluding hydrogens is 260 g/mol. The van der Waals surface area contributed by atoms with Gasteiger partial charge in [0, 0.05) is 6.54 Å². The molecule has 0 radical (unpaired) electrons. The highest BCUT2D eigenvalue weighted by molar-refractivity contribution is 5.89. The number of nitriles is 1. The molecule has 0 aliphatic carbocycles. The Morgan fingerprint density at radius 1 is 1.40 bits per heavy atom. The maximum Gasteiger partial charge on any atom is 0.337 e. The van der Waals surface area contributed by atoms with E-state index in [0.717, 1.165) is 5.56 Å². The van der Waals surface area contributed by atoms with Gasteiger partial charge in [-0.1, -0.05) is 17.2 Å². The molecular formula is C13H12N4O3. The number of rotatable bonds is 5. The fourth-order valence-corrected chi connectivity index (χ4v) is 1.52. The quantitative estimate of drug-likeness (QED) is 0.823. The smallest absolute Gasteiger partial charge is 0.337 e. The molecule has 102 valence electrons. The van der Waals surface area contributed by atoms with Crippen LogP contribution in [0.4, 0.5) is 6.01 Å². The van der Waals surface area contributed by atoms with E-state index < -0.39 is 0 Å². The van der Waals surface area contributed by atoms with Crippen LogP contribution in [0.3, 0.4) is 0 Å². The second kappa shape index (κ2) is 6.33. The summed E-state index contributed by atoms with van der Waals surface area (Å²) in [4.78, 5) is 11.3. The largest absolute Gasteiger partial charge is 0.465 e. The number of hydrogen-bond acceptors (Lipinski definition) is 7. The lowest BCUT2D eigenvalue weighted by Gasteiger charge is -2.03. The minimum absolute atomic E-state index is 0.0858. The standard InChI is InChI=1S/C13H12N4O3/c1-19-12(18)10-4-2-9(3-5-10)8-15-13-17-16-11(20-13)6-7-14/h2-5H,6,8H2,1H3,(H,15,17). The Labute approximate surface area is 115 Å². The van der Waals surface area contributed by atoms with E-state index in [1.165, 1.54) is 7.11 Å². The van der Waals surface area contributed by atoms with Crippen molar-refractivity contribution < 1.29 is 13.9 Å². The van der Waals surface area contributed by atoms with Gasteiger partial charge in [0.15, 0.2) is 0 Å². The third-order valence-corrected chi connectivity index (χ3v) is 2.52. The highest BCUT2D eigenvalue weighted by atomic mass is 16.5. The van der Waals surface area contributed by atoms with Gasteiger partial charge in [0.05, 0.1) is 18.7 Å². The molecule has 20 heavy (non-hydrogen) atoms. The Kier molecular flexibility index (Phi) is 4.29. The van der Waals surface area contributed by atoms with Crippen molar-refractivity contribution >= 4 is 12.0 Å². The molecule has 2 aromatic rings. The maximum atomic E-state index is 11.3. The summed E-state index contributed by atoms with van der Waals surface area (Å²) in [5.74, 6) is -0.0985. The zero-order valence-corrected chi connectivity index (χ0v) is 10.8. The molecule has 0 aliphatic heterocycles. The van der Waals surface area contributed by atoms with Crippen molar-refractivity contribution in [3.63, 3.8) is 0 Å². The first-order chi connectivity index (χ1) is 9.72. The molecule has 0 saturated heterocycles. The molecule has 1 N–H and O–H groups in total. The van der Waals surface area contributed by atoms with Gasteiger partial charge in [0.2, 0.25) is 5.89 Å². The molecule has 1 aromatic carbocycles. The molecule has 2 rings (SSSR count). The minimum Gasteiger partial charge on any atom is -0.465 e. The van der Waals surface area contributed by atoms with E-state index in [1.807, 2.05) is 6.07 Å². The van der Waals surface area contributed by atoms with Crippen molar-refractivity contribution in [1.82, 2.24) is 10.2 Å². The Hall–Kier alpha value is -2.88. The minimum atomic E-state index is -0.373. The van der Waals surface area contributed by atoms with E-state index in [9.17, 15) is 4.79 Å². The van der Waals surface area contributed by atoms with Crippen molar-refractivity contribution in [3.05, 3.63) is 41.3 Å². The Morgan fingerprint density at radius 3 is 2.80 bits per heavy atom. The summed E-state index contributed by atoms with van der Waals surface area (Å²) >= 11 is 0. The van der Waals surface area contributed by atoms with Crippen LogP contribution in [0.1, 0.15) is 21.8 Å². The van der Waals surface area contributed by atoms with Crippen molar-refractivity contribution in [1.29, 1.82) is 5.26 Å². The summed E-state index contributed by atoms with van der Waals surface area (Å²) in [7, 11) is 1.34. The first kappa shape index (κ1) is 13.5. The number of ether oxygens (including phenoxy) is 1. The van der Waals surface area contributed by atoms with Gasteiger partial charge in [-0.2, -0.15) is 5.26 Å². The number of anilines is 1. The fraction of sp³-hybridized carbons (Fsp3) is 0.231. The maximum absolute atomic E-state index is 11.3. The zero-order chi connectivity index (χ0) is 14.4. The number of methoxy groups -OCH3 is 1. The molecule has 1 aromatic heterocycles. The van der Waals surface area contributed by atoms with Crippen molar-refractivity contribution in [2.24, 2.45) is 0 Å². The summed E-state index contributed by atoms with van der Waals surface area (Å²) in [5.41, 5.74) is 1.43. The summed E-state index contributed by atoms with van der Waals surface area (Å²) in [6.07, 6.45) is 0.0858. The lowest BCUT2D eigenvalue weighted by Crippen LogP contribution is -2.03. The number of nitrogens with one attached hydrogen (secondary N) is 1. The van der Waals surface area contributed by atoms with Crippen LogP contribution in [0.25, 0.3) is 0 Å². The first-order valence-electron chi connectivity index (χ1n) is 5.83. The Balaban J connectivity index is 1.93. The van der Waals surface area contributed by atoms with E-state index in [4.69, 9.17) is 9.68 Å². The van der Waals surface area contributed by atoms with Crippen LogP contribution in [-0.4, -0.2) is 23.3 Å². The van der Waals surface area contributed by atoms with Crippen molar-refractivity contribution in [2.75, 3.05) is 12.4 Å². The van der Waals surface area contributed by atoms with Crippen molar-refractivity contribution in [2.45, 2.75) is 13.0 Å². The average Bonchev–Trinajstić information content (AvgIpc) is 2.93. The average molecular weight is 272 g/mol. The van der Waals surface area contributed by atoms with E-state index in [0.29, 0.717) is 12.1 Å². The van der Waals surface area contributed by atoms with Crippen LogP contribution in [0.2, 0.25) is 0 Å². The monoisotopic (exact) mass is 272 g/mol. The topological polar surface area (TPSA) is 101 Å². The van der Waals surface area contributed by atoms with Gasteiger partial charge in [-0.25, -0.2) is 4.79 Å². The molecule has 7 nitrogen and oxygen atoms in total. The molecule has 0 saturated carbocycles. The number of aromatic nitrogens is 2. The zero-order valence-electron chi connectivity index (χ0n) is 10.8. The lowest BCUT2D eigenvalue weighted by molar-refractivity contribution is 0.0600. The van der Waals surface area contributed by atoms with E-state index in [-0.39, 0.29) is 24.3 Å². The van der Waals surface area contributed by atoms with Crippen LogP contribution in [-0.2, 0) is 17.7 Å². The molecule has 1 heterocycles. The Morgan fingerprint density at radius 2 is 2.15 bits per heavy atom. The number of nitrogens with zero attached hydrogens (tertiary/aromatic N) is 3. The molecule has 0 spiro atoms. The Bertz CT molecular complexity index is 628. The number of hydrogen-bond donors (Lipinski definition) is 1. The molecule has 0 unspecified atom stereocenters. The summed E-state index contributed by atoms with van der Waals surface area (Å²) in [5, 5.41) is 18.9. The van der Waals surface area contributed by atoms with E-state index >= 15 is 0 Å². The lowest BCUT2D eigenvalue weighted by atomic mass is 10.1. The van der Waals surface area contributed by atoms with Crippen LogP contribution in [0, 0.1) is 11.3 Å². The van der Waals surface area contributed by atoms with E-state index in [2.05, 4.69) is 20.3 Å². The van der Waals surface area contributed by atoms with Gasteiger partial charge >= 0.3 is 12.0 Å². The molecule has 0 aliphatic rings. The predicted octanol–water partition coefficient (Wildman–Crippen LogP) is 1.53. The van der Waals surface area contributed by atoms with Gasteiger partial charge in [0.25, 0.3) is 0 Å². The van der Waals surface area contributed by atoms with E-state index in [1.54, 1.807) is 24.3 Å². The summed E-state index contributed by atoms with van der Waals surface area (Å²) < 4.78 is 9.81. The number of esters is 1. The normalized spacial score (nSPS) is 9.80. The second-order valence-electron chi connectivity index (χ2n) is 3.88. The SMILES string of the molecule is COC(=O)c1ccc(CNc2nnc(CC#N)o2)cc1. The summed E-state index contributed by atoms with van der Waals surface area (Å²) in [6, 6.07) is 9.13. The highest BCUT2D eigenvalue weighted by Gasteiger charge is 2.06. The van der Waals surface area contributed by atoms with Crippen molar-refractivity contribution in [3.8, 4) is 6.07 Å². The van der Waals surface area contributed by atoms with Gasteiger partial charge in [0.1, 0.15) is 6.42 Å². The second-order valence-corrected chi connectivity index (χ2v) is 3.88. The van der Waals surface area contributed by atoms with Gasteiger partial charge < -0.3 is 14.5 Å². The summed E-state index contributed by atoms with van der Waals surface area (Å²) in [6.45, 7) is 0.468. The molecule has 7 heteroatoms. The molecule has 0 bridgehead atoms. The van der Waals surface area contributed by atoms with Crippen LogP contribution in [0.5, 0.6) is 0 Å². The van der Waals surface area contributed by atoms with Gasteiger partial charge in [-0.15, -0.1) is 5.10 Å². The third-order valence-electron chi connectivity index (χ3n) is 2.52. The molecule has 0 fully saturated rings. The number of carbonyl (C=O) groups is 1. The van der Waals surface area contributed by atoms with Crippen LogP contribution >= 0.6 is 0 Å². The predicted molar refractivity (Wildman–Crippen MR) is 68.7 cm³/mol. The van der Waals surface area contributed by atoms with Crippen LogP contribution in [0.15, 0.2) is 28.7 Å². The van der Waals surface area contributed by atoms with Crippen LogP contribution < -0.4 is 5.32 Å². The fourth-order valence-electron chi connectivity index (χ4n) is 1.52. The van der Waals surface area contributed by atoms with Gasteiger partial charge in [-0.3, -0.25) is 0 Å². The number of carbonyl (C=O) groups excluding carboxylic acids is 1.